The molecule has 0 rings (SSSR count). The van der Waals surface area contributed by atoms with Crippen molar-refractivity contribution in [2.75, 3.05) is 20.3 Å². The molecule has 9 heavy (non-hydrogen) atoms. The molecule has 1 unspecified atom stereocenters. The summed E-state index contributed by atoms with van der Waals surface area (Å²) >= 11 is 0. The van der Waals surface area contributed by atoms with Gasteiger partial charge in [0.1, 0.15) is 0 Å². The second kappa shape index (κ2) is 5.75. The molecule has 0 spiro atoms. The van der Waals surface area contributed by atoms with Crippen molar-refractivity contribution in [3.05, 3.63) is 12.2 Å². The molecule has 0 heterocycles. The van der Waals surface area contributed by atoms with Gasteiger partial charge in [-0.05, 0) is 0 Å². The fourth-order valence-corrected chi connectivity index (χ4v) is 0.427. The average molecular weight is 132 g/mol. The van der Waals surface area contributed by atoms with Crippen LogP contribution in [-0.4, -0.2) is 36.6 Å². The smallest absolute Gasteiger partial charge is 0.0983 e. The highest BCUT2D eigenvalue weighted by atomic mass is 16.5. The number of hydrogen-bond acceptors (Lipinski definition) is 3. The van der Waals surface area contributed by atoms with Gasteiger partial charge in [0.25, 0.3) is 0 Å². The fourth-order valence-electron chi connectivity index (χ4n) is 0.427. The van der Waals surface area contributed by atoms with Crippen LogP contribution in [0.2, 0.25) is 0 Å². The molecule has 3 nitrogen and oxygen atoms in total. The summed E-state index contributed by atoms with van der Waals surface area (Å²) in [7, 11) is 1.50. The second-order valence-corrected chi connectivity index (χ2v) is 1.57. The first kappa shape index (κ1) is 8.62. The largest absolute Gasteiger partial charge is 0.393 e. The molecule has 0 aliphatic carbocycles. The zero-order valence-electron chi connectivity index (χ0n) is 5.45. The molecular weight excluding hydrogens is 120 g/mol. The molecule has 0 saturated heterocycles. The number of aliphatic hydroxyl groups is 2. The summed E-state index contributed by atoms with van der Waals surface area (Å²) in [4.78, 5) is 0. The van der Waals surface area contributed by atoms with Crippen LogP contribution in [0.3, 0.4) is 0 Å². The lowest BCUT2D eigenvalue weighted by atomic mass is 10.3. The molecule has 0 aromatic heterocycles. The Morgan fingerprint density at radius 3 is 2.56 bits per heavy atom. The second-order valence-electron chi connectivity index (χ2n) is 1.57. The van der Waals surface area contributed by atoms with E-state index >= 15 is 0 Å². The molecular formula is C6H12O3. The van der Waals surface area contributed by atoms with E-state index in [1.165, 1.54) is 13.2 Å². The average Bonchev–Trinajstić information content (AvgIpc) is 1.91. The molecule has 0 aromatic carbocycles. The minimum Gasteiger partial charge on any atom is -0.393 e. The summed E-state index contributed by atoms with van der Waals surface area (Å²) in [6, 6.07) is 0. The van der Waals surface area contributed by atoms with Crippen molar-refractivity contribution in [1.29, 1.82) is 0 Å². The van der Waals surface area contributed by atoms with Gasteiger partial charge in [0.2, 0.25) is 0 Å². The van der Waals surface area contributed by atoms with Gasteiger partial charge in [0.15, 0.2) is 0 Å². The Morgan fingerprint density at radius 1 is 1.56 bits per heavy atom. The first-order valence-electron chi connectivity index (χ1n) is 2.76. The summed E-state index contributed by atoms with van der Waals surface area (Å²) in [5, 5.41) is 16.8. The van der Waals surface area contributed by atoms with Crippen molar-refractivity contribution in [2.24, 2.45) is 0 Å². The van der Waals surface area contributed by atoms with E-state index < -0.39 is 0 Å². The Bertz CT molecular complexity index is 76.4. The third-order valence-corrected chi connectivity index (χ3v) is 0.939. The van der Waals surface area contributed by atoms with Crippen molar-refractivity contribution in [2.45, 2.75) is 6.10 Å². The van der Waals surface area contributed by atoms with Crippen molar-refractivity contribution in [1.82, 2.24) is 0 Å². The van der Waals surface area contributed by atoms with Crippen LogP contribution in [0.15, 0.2) is 12.2 Å². The normalized spacial score (nSPS) is 14.6. The quantitative estimate of drug-likeness (QED) is 0.509. The van der Waals surface area contributed by atoms with Crippen molar-refractivity contribution in [3.63, 3.8) is 0 Å². The Labute approximate surface area is 54.6 Å². The van der Waals surface area contributed by atoms with E-state index in [9.17, 15) is 0 Å². The lowest BCUT2D eigenvalue weighted by molar-refractivity contribution is 0.0815. The standard InChI is InChI=1S/C6H12O3/c1-9-6(5-8)3-2-4-7/h2-3,6-8H,4-5H2,1H3. The van der Waals surface area contributed by atoms with Gasteiger partial charge in [-0.25, -0.2) is 0 Å². The van der Waals surface area contributed by atoms with Gasteiger partial charge in [-0.3, -0.25) is 0 Å². The summed E-state index contributed by atoms with van der Waals surface area (Å²) in [5.74, 6) is 0. The Hall–Kier alpha value is -0.380. The van der Waals surface area contributed by atoms with Crippen LogP contribution in [0.1, 0.15) is 0 Å². The number of rotatable bonds is 4. The van der Waals surface area contributed by atoms with E-state index in [1.807, 2.05) is 0 Å². The van der Waals surface area contributed by atoms with Crippen LogP contribution in [0, 0.1) is 0 Å². The fraction of sp³-hybridized carbons (Fsp3) is 0.667. The molecule has 0 saturated carbocycles. The van der Waals surface area contributed by atoms with E-state index in [2.05, 4.69) is 0 Å². The molecule has 0 bridgehead atoms. The van der Waals surface area contributed by atoms with E-state index in [0.717, 1.165) is 0 Å². The van der Waals surface area contributed by atoms with Crippen LogP contribution in [0.25, 0.3) is 0 Å². The molecule has 0 aromatic rings. The minimum atomic E-state index is -0.280. The van der Waals surface area contributed by atoms with Gasteiger partial charge in [0, 0.05) is 7.11 Å². The van der Waals surface area contributed by atoms with Gasteiger partial charge in [-0.2, -0.15) is 0 Å². The zero-order valence-corrected chi connectivity index (χ0v) is 5.45. The van der Waals surface area contributed by atoms with Gasteiger partial charge < -0.3 is 14.9 Å². The predicted octanol–water partition coefficient (Wildman–Crippen LogP) is -0.458. The van der Waals surface area contributed by atoms with Crippen LogP contribution in [0.4, 0.5) is 0 Å². The van der Waals surface area contributed by atoms with Crippen LogP contribution in [-0.2, 0) is 4.74 Å². The monoisotopic (exact) mass is 132 g/mol. The minimum absolute atomic E-state index is 0.0140. The summed E-state index contributed by atoms with van der Waals surface area (Å²) < 4.78 is 4.75. The van der Waals surface area contributed by atoms with E-state index in [4.69, 9.17) is 14.9 Å². The highest BCUT2D eigenvalue weighted by Gasteiger charge is 1.96. The van der Waals surface area contributed by atoms with Gasteiger partial charge in [-0.1, -0.05) is 12.2 Å². The molecule has 3 heteroatoms. The summed E-state index contributed by atoms with van der Waals surface area (Å²) in [6.45, 7) is -0.0626. The van der Waals surface area contributed by atoms with E-state index in [0.29, 0.717) is 0 Å². The van der Waals surface area contributed by atoms with Gasteiger partial charge >= 0.3 is 0 Å². The summed E-state index contributed by atoms with van der Waals surface area (Å²) in [6.07, 6.45) is 2.86. The third-order valence-electron chi connectivity index (χ3n) is 0.939. The Balaban J connectivity index is 3.41. The van der Waals surface area contributed by atoms with E-state index in [-0.39, 0.29) is 19.3 Å². The number of ether oxygens (including phenoxy) is 1. The molecule has 0 fully saturated rings. The van der Waals surface area contributed by atoms with Crippen LogP contribution in [0.5, 0.6) is 0 Å². The number of hydrogen-bond donors (Lipinski definition) is 2. The van der Waals surface area contributed by atoms with Crippen molar-refractivity contribution < 1.29 is 14.9 Å². The lowest BCUT2D eigenvalue weighted by Gasteiger charge is -2.04. The molecule has 0 amide bonds. The van der Waals surface area contributed by atoms with Gasteiger partial charge in [0.05, 0.1) is 19.3 Å². The van der Waals surface area contributed by atoms with Crippen LogP contribution >= 0.6 is 0 Å². The predicted molar refractivity (Wildman–Crippen MR) is 34.1 cm³/mol. The van der Waals surface area contributed by atoms with Crippen molar-refractivity contribution >= 4 is 0 Å². The maximum absolute atomic E-state index is 8.49. The molecule has 2 N–H and O–H groups in total. The number of aliphatic hydroxyl groups excluding tert-OH is 2. The first-order chi connectivity index (χ1) is 4.35. The lowest BCUT2D eigenvalue weighted by Crippen LogP contribution is -2.11. The maximum atomic E-state index is 8.49. The van der Waals surface area contributed by atoms with Crippen molar-refractivity contribution in [3.8, 4) is 0 Å². The molecule has 1 atom stereocenters. The first-order valence-corrected chi connectivity index (χ1v) is 2.76. The number of methoxy groups -OCH3 is 1. The highest BCUT2D eigenvalue weighted by Crippen LogP contribution is 1.88. The maximum Gasteiger partial charge on any atom is 0.0983 e. The topological polar surface area (TPSA) is 49.7 Å². The molecule has 54 valence electrons. The molecule has 0 aliphatic rings. The third kappa shape index (κ3) is 4.14. The summed E-state index contributed by atoms with van der Waals surface area (Å²) in [5.41, 5.74) is 0. The van der Waals surface area contributed by atoms with Crippen LogP contribution < -0.4 is 0 Å². The SMILES string of the molecule is COC(C=CCO)CO. The van der Waals surface area contributed by atoms with Gasteiger partial charge in [-0.15, -0.1) is 0 Å². The highest BCUT2D eigenvalue weighted by molar-refractivity contribution is 4.88. The Morgan fingerprint density at radius 2 is 2.22 bits per heavy atom. The Kier molecular flexibility index (Phi) is 5.51. The zero-order chi connectivity index (χ0) is 7.11. The molecule has 0 aliphatic heterocycles. The van der Waals surface area contributed by atoms with E-state index in [1.54, 1.807) is 6.08 Å². The molecule has 0 radical (unpaired) electrons.